The molecule has 0 radical (unpaired) electrons. The monoisotopic (exact) mass is 421 g/mol. The van der Waals surface area contributed by atoms with Gasteiger partial charge in [0.05, 0.1) is 33.7 Å². The van der Waals surface area contributed by atoms with Crippen molar-refractivity contribution in [1.29, 1.82) is 0 Å². The lowest BCUT2D eigenvalue weighted by molar-refractivity contribution is -0.385. The summed E-state index contributed by atoms with van der Waals surface area (Å²) < 4.78 is 23.5. The highest BCUT2D eigenvalue weighted by atomic mass is 32.2. The first kappa shape index (κ1) is 22.3. The van der Waals surface area contributed by atoms with E-state index in [2.05, 4.69) is 15.6 Å². The minimum atomic E-state index is -3.38. The van der Waals surface area contributed by atoms with Crippen LogP contribution in [0.4, 0.5) is 17.1 Å². The number of nitrogens with zero attached hydrogens (tertiary/aromatic N) is 1. The van der Waals surface area contributed by atoms with Crippen LogP contribution in [0.25, 0.3) is 0 Å². The van der Waals surface area contributed by atoms with Crippen molar-refractivity contribution >= 4 is 32.8 Å². The number of nitrogens with one attached hydrogen (secondary N) is 2. The summed E-state index contributed by atoms with van der Waals surface area (Å²) in [7, 11) is -2.09. The standard InChI is InChI=1S/C19H23N3O6S/c1-5-6-14-17(22(24)25)10-8-15(19(23)21-28-3)18(14)20-16-9-7-13(11-12(16)2)29(4,26)27/h7-11,20H,5-6H2,1-4H3,(H,21,23). The van der Waals surface area contributed by atoms with Gasteiger partial charge in [0, 0.05) is 18.0 Å². The molecule has 0 bridgehead atoms. The van der Waals surface area contributed by atoms with Gasteiger partial charge in [-0.25, -0.2) is 13.9 Å². The van der Waals surface area contributed by atoms with E-state index in [-0.39, 0.29) is 21.8 Å². The molecule has 0 spiro atoms. The molecule has 0 fully saturated rings. The number of carbonyl (C=O) groups is 1. The van der Waals surface area contributed by atoms with Crippen molar-refractivity contribution in [1.82, 2.24) is 5.48 Å². The van der Waals surface area contributed by atoms with Crippen LogP contribution in [0, 0.1) is 17.0 Å². The molecule has 0 saturated carbocycles. The molecule has 9 nitrogen and oxygen atoms in total. The third-order valence-corrected chi connectivity index (χ3v) is 5.42. The molecule has 0 aliphatic rings. The Morgan fingerprint density at radius 2 is 1.93 bits per heavy atom. The number of benzene rings is 2. The summed E-state index contributed by atoms with van der Waals surface area (Å²) in [5.74, 6) is -0.562. The summed E-state index contributed by atoms with van der Waals surface area (Å²) in [6.45, 7) is 3.59. The van der Waals surface area contributed by atoms with Gasteiger partial charge in [0.1, 0.15) is 0 Å². The first-order valence-corrected chi connectivity index (χ1v) is 10.7. The number of anilines is 2. The van der Waals surface area contributed by atoms with Gasteiger partial charge in [-0.3, -0.25) is 19.7 Å². The average molecular weight is 421 g/mol. The van der Waals surface area contributed by atoms with E-state index >= 15 is 0 Å². The van der Waals surface area contributed by atoms with E-state index in [1.807, 2.05) is 6.92 Å². The fourth-order valence-electron chi connectivity index (χ4n) is 2.93. The number of nitro groups is 1. The highest BCUT2D eigenvalue weighted by Crippen LogP contribution is 2.35. The minimum absolute atomic E-state index is 0.103. The second kappa shape index (κ2) is 9.01. The van der Waals surface area contributed by atoms with E-state index in [0.29, 0.717) is 29.7 Å². The third kappa shape index (κ3) is 5.09. The molecule has 0 aromatic heterocycles. The summed E-state index contributed by atoms with van der Waals surface area (Å²) in [5, 5.41) is 14.6. The molecule has 0 unspecified atom stereocenters. The molecule has 1 amide bonds. The van der Waals surface area contributed by atoms with Crippen molar-refractivity contribution in [3.63, 3.8) is 0 Å². The summed E-state index contributed by atoms with van der Waals surface area (Å²) in [4.78, 5) is 28.3. The Hall–Kier alpha value is -2.98. The number of hydroxylamine groups is 1. The Morgan fingerprint density at radius 3 is 2.45 bits per heavy atom. The summed E-state index contributed by atoms with van der Waals surface area (Å²) in [5.41, 5.74) is 4.10. The molecule has 2 aromatic carbocycles. The number of hydrogen-bond acceptors (Lipinski definition) is 7. The van der Waals surface area contributed by atoms with Crippen LogP contribution >= 0.6 is 0 Å². The zero-order chi connectivity index (χ0) is 21.8. The predicted molar refractivity (Wildman–Crippen MR) is 109 cm³/mol. The van der Waals surface area contributed by atoms with Crippen LogP contribution in [0.1, 0.15) is 34.8 Å². The summed E-state index contributed by atoms with van der Waals surface area (Å²) in [6.07, 6.45) is 2.10. The zero-order valence-electron chi connectivity index (χ0n) is 16.6. The second-order valence-electron chi connectivity index (χ2n) is 6.50. The first-order valence-electron chi connectivity index (χ1n) is 8.81. The predicted octanol–water partition coefficient (Wildman–Crippen LogP) is 3.29. The van der Waals surface area contributed by atoms with E-state index < -0.39 is 20.7 Å². The number of sulfone groups is 1. The van der Waals surface area contributed by atoms with Gasteiger partial charge >= 0.3 is 0 Å². The third-order valence-electron chi connectivity index (χ3n) is 4.31. The Balaban J connectivity index is 2.66. The number of amides is 1. The molecule has 0 atom stereocenters. The maximum Gasteiger partial charge on any atom is 0.276 e. The van der Waals surface area contributed by atoms with Gasteiger partial charge in [0.2, 0.25) is 0 Å². The van der Waals surface area contributed by atoms with Crippen molar-refractivity contribution in [3.8, 4) is 0 Å². The first-order chi connectivity index (χ1) is 13.6. The van der Waals surface area contributed by atoms with Crippen molar-refractivity contribution in [2.45, 2.75) is 31.6 Å². The smallest absolute Gasteiger partial charge is 0.276 e. The second-order valence-corrected chi connectivity index (χ2v) is 8.52. The SMILES string of the molecule is CCCc1c([N+](=O)[O-])ccc(C(=O)NOC)c1Nc1ccc(S(C)(=O)=O)cc1C. The molecule has 29 heavy (non-hydrogen) atoms. The molecule has 0 saturated heterocycles. The number of nitro benzene ring substituents is 1. The van der Waals surface area contributed by atoms with Gasteiger partial charge in [-0.05, 0) is 43.2 Å². The zero-order valence-corrected chi connectivity index (χ0v) is 17.4. The Labute approximate surface area is 169 Å². The molecule has 2 aromatic rings. The van der Waals surface area contributed by atoms with E-state index in [1.54, 1.807) is 13.0 Å². The van der Waals surface area contributed by atoms with E-state index in [1.165, 1.54) is 31.4 Å². The summed E-state index contributed by atoms with van der Waals surface area (Å²) in [6, 6.07) is 7.16. The molecule has 0 aliphatic heterocycles. The van der Waals surface area contributed by atoms with Gasteiger partial charge in [-0.15, -0.1) is 0 Å². The molecule has 0 heterocycles. The molecular formula is C19H23N3O6S. The number of rotatable bonds is 8. The molecular weight excluding hydrogens is 398 g/mol. The Bertz CT molecular complexity index is 1050. The number of aryl methyl sites for hydroxylation is 1. The quantitative estimate of drug-likeness (QED) is 0.494. The van der Waals surface area contributed by atoms with Crippen LogP contribution < -0.4 is 10.8 Å². The van der Waals surface area contributed by atoms with Crippen molar-refractivity contribution < 1.29 is 23.0 Å². The Morgan fingerprint density at radius 1 is 1.24 bits per heavy atom. The van der Waals surface area contributed by atoms with E-state index in [0.717, 1.165) is 6.26 Å². The maximum absolute atomic E-state index is 12.4. The lowest BCUT2D eigenvalue weighted by Gasteiger charge is -2.18. The van der Waals surface area contributed by atoms with E-state index in [9.17, 15) is 23.3 Å². The fraction of sp³-hybridized carbons (Fsp3) is 0.316. The number of carbonyl (C=O) groups excluding carboxylic acids is 1. The summed E-state index contributed by atoms with van der Waals surface area (Å²) >= 11 is 0. The van der Waals surface area contributed by atoms with Gasteiger partial charge < -0.3 is 5.32 Å². The number of hydrogen-bond donors (Lipinski definition) is 2. The molecule has 0 aliphatic carbocycles. The van der Waals surface area contributed by atoms with Gasteiger partial charge in [-0.2, -0.15) is 0 Å². The normalized spacial score (nSPS) is 11.2. The lowest BCUT2D eigenvalue weighted by atomic mass is 9.99. The lowest BCUT2D eigenvalue weighted by Crippen LogP contribution is -2.23. The Kier molecular flexibility index (Phi) is 6.93. The van der Waals surface area contributed by atoms with Crippen LogP contribution in [-0.2, 0) is 21.1 Å². The molecule has 10 heteroatoms. The van der Waals surface area contributed by atoms with Gasteiger partial charge in [-0.1, -0.05) is 13.3 Å². The van der Waals surface area contributed by atoms with Crippen LogP contribution in [-0.4, -0.2) is 32.6 Å². The van der Waals surface area contributed by atoms with Crippen molar-refractivity contribution in [2.75, 3.05) is 18.7 Å². The van der Waals surface area contributed by atoms with Crippen LogP contribution in [0.3, 0.4) is 0 Å². The average Bonchev–Trinajstić information content (AvgIpc) is 2.63. The molecule has 2 N–H and O–H groups in total. The highest BCUT2D eigenvalue weighted by molar-refractivity contribution is 7.90. The molecule has 2 rings (SSSR count). The topological polar surface area (TPSA) is 128 Å². The largest absolute Gasteiger partial charge is 0.354 e. The van der Waals surface area contributed by atoms with Gasteiger partial charge in [0.15, 0.2) is 9.84 Å². The van der Waals surface area contributed by atoms with E-state index in [4.69, 9.17) is 0 Å². The molecule has 156 valence electrons. The minimum Gasteiger partial charge on any atom is -0.354 e. The van der Waals surface area contributed by atoms with Crippen LogP contribution in [0.5, 0.6) is 0 Å². The highest BCUT2D eigenvalue weighted by Gasteiger charge is 2.24. The maximum atomic E-state index is 12.4. The van der Waals surface area contributed by atoms with Crippen LogP contribution in [0.2, 0.25) is 0 Å². The van der Waals surface area contributed by atoms with Crippen LogP contribution in [0.15, 0.2) is 35.2 Å². The van der Waals surface area contributed by atoms with Crippen molar-refractivity contribution in [3.05, 3.63) is 57.1 Å². The fourth-order valence-corrected chi connectivity index (χ4v) is 3.64. The van der Waals surface area contributed by atoms with Crippen molar-refractivity contribution in [2.24, 2.45) is 0 Å². The van der Waals surface area contributed by atoms with Gasteiger partial charge in [0.25, 0.3) is 11.6 Å².